The third kappa shape index (κ3) is 3.07. The molecule has 22 heavy (non-hydrogen) atoms. The number of nitrogens with one attached hydrogen (secondary N) is 1. The van der Waals surface area contributed by atoms with Gasteiger partial charge in [-0.15, -0.1) is 11.3 Å². The van der Waals surface area contributed by atoms with Gasteiger partial charge in [0.2, 0.25) is 5.91 Å². The first-order valence-corrected chi connectivity index (χ1v) is 8.77. The zero-order valence-electron chi connectivity index (χ0n) is 13.4. The van der Waals surface area contributed by atoms with Crippen molar-refractivity contribution in [2.24, 2.45) is 5.92 Å². The van der Waals surface area contributed by atoms with Crippen molar-refractivity contribution < 1.29 is 4.79 Å². The number of carbonyl (C=O) groups excluding carboxylic acids is 1. The molecular weight excluding hydrogens is 292 g/mol. The average molecular weight is 314 g/mol. The van der Waals surface area contributed by atoms with Crippen molar-refractivity contribution in [2.75, 3.05) is 5.32 Å². The van der Waals surface area contributed by atoms with E-state index in [4.69, 9.17) is 0 Å². The summed E-state index contributed by atoms with van der Waals surface area (Å²) in [5.41, 5.74) is 5.89. The van der Waals surface area contributed by atoms with E-state index >= 15 is 0 Å². The number of amides is 1. The number of benzene rings is 1. The van der Waals surface area contributed by atoms with Crippen molar-refractivity contribution in [1.82, 2.24) is 4.98 Å². The molecule has 3 rings (SSSR count). The minimum atomic E-state index is 0.134. The SMILES string of the molecule is Cc1cc(C)c(-c2csc(NC(=O)C3CCCC3)n2)cc1C. The van der Waals surface area contributed by atoms with Crippen molar-refractivity contribution in [3.8, 4) is 11.3 Å². The fourth-order valence-corrected chi connectivity index (χ4v) is 3.80. The van der Waals surface area contributed by atoms with Crippen molar-refractivity contribution in [1.29, 1.82) is 0 Å². The van der Waals surface area contributed by atoms with Crippen LogP contribution in [0.3, 0.4) is 0 Å². The second-order valence-corrected chi connectivity index (χ2v) is 7.12. The predicted molar refractivity (Wildman–Crippen MR) is 92.3 cm³/mol. The Balaban J connectivity index is 1.79. The Morgan fingerprint density at radius 2 is 1.82 bits per heavy atom. The van der Waals surface area contributed by atoms with Crippen LogP contribution in [-0.4, -0.2) is 10.9 Å². The largest absolute Gasteiger partial charge is 0.302 e. The molecule has 1 aromatic heterocycles. The second kappa shape index (κ2) is 6.21. The van der Waals surface area contributed by atoms with Gasteiger partial charge in [0.15, 0.2) is 5.13 Å². The van der Waals surface area contributed by atoms with Crippen LogP contribution >= 0.6 is 11.3 Å². The minimum Gasteiger partial charge on any atom is -0.302 e. The van der Waals surface area contributed by atoms with Crippen LogP contribution in [0.5, 0.6) is 0 Å². The van der Waals surface area contributed by atoms with Gasteiger partial charge in [-0.3, -0.25) is 4.79 Å². The first kappa shape index (κ1) is 15.2. The number of hydrogen-bond acceptors (Lipinski definition) is 3. The fourth-order valence-electron chi connectivity index (χ4n) is 3.09. The van der Waals surface area contributed by atoms with Gasteiger partial charge < -0.3 is 5.32 Å². The molecule has 116 valence electrons. The summed E-state index contributed by atoms with van der Waals surface area (Å²) in [6.45, 7) is 6.35. The molecule has 0 saturated heterocycles. The lowest BCUT2D eigenvalue weighted by Crippen LogP contribution is -2.20. The first-order valence-electron chi connectivity index (χ1n) is 7.89. The maximum atomic E-state index is 12.2. The van der Waals surface area contributed by atoms with E-state index in [1.165, 1.54) is 40.9 Å². The summed E-state index contributed by atoms with van der Waals surface area (Å²) in [4.78, 5) is 16.8. The molecule has 0 aliphatic heterocycles. The summed E-state index contributed by atoms with van der Waals surface area (Å²) in [7, 11) is 0. The lowest BCUT2D eigenvalue weighted by molar-refractivity contribution is -0.119. The molecule has 1 fully saturated rings. The number of aromatic nitrogens is 1. The molecule has 0 unspecified atom stereocenters. The summed E-state index contributed by atoms with van der Waals surface area (Å²) >= 11 is 1.51. The van der Waals surface area contributed by atoms with Crippen LogP contribution < -0.4 is 5.32 Å². The van der Waals surface area contributed by atoms with E-state index < -0.39 is 0 Å². The molecule has 0 atom stereocenters. The summed E-state index contributed by atoms with van der Waals surface area (Å²) in [5, 5.41) is 5.73. The molecule has 0 radical (unpaired) electrons. The van der Waals surface area contributed by atoms with Crippen LogP contribution in [0.15, 0.2) is 17.5 Å². The number of aryl methyl sites for hydroxylation is 3. The number of thiazole rings is 1. The molecule has 1 N–H and O–H groups in total. The average Bonchev–Trinajstić information content (AvgIpc) is 3.14. The Hall–Kier alpha value is -1.68. The highest BCUT2D eigenvalue weighted by atomic mass is 32.1. The number of carbonyl (C=O) groups is 1. The molecule has 1 heterocycles. The van der Waals surface area contributed by atoms with Gasteiger partial charge in [0.05, 0.1) is 5.69 Å². The van der Waals surface area contributed by atoms with E-state index in [9.17, 15) is 4.79 Å². The molecule has 4 heteroatoms. The van der Waals surface area contributed by atoms with Gasteiger partial charge in [0.25, 0.3) is 0 Å². The van der Waals surface area contributed by atoms with Crippen LogP contribution in [0.1, 0.15) is 42.4 Å². The molecule has 0 spiro atoms. The van der Waals surface area contributed by atoms with E-state index in [0.29, 0.717) is 5.13 Å². The lowest BCUT2D eigenvalue weighted by atomic mass is 9.99. The summed E-state index contributed by atoms with van der Waals surface area (Å²) < 4.78 is 0. The molecule has 1 aliphatic rings. The van der Waals surface area contributed by atoms with Crippen molar-refractivity contribution in [2.45, 2.75) is 46.5 Å². The number of nitrogens with zero attached hydrogens (tertiary/aromatic N) is 1. The molecule has 1 amide bonds. The smallest absolute Gasteiger partial charge is 0.229 e. The summed E-state index contributed by atoms with van der Waals surface area (Å²) in [5.74, 6) is 0.311. The van der Waals surface area contributed by atoms with Gasteiger partial charge in [-0.2, -0.15) is 0 Å². The molecule has 0 bridgehead atoms. The Morgan fingerprint density at radius 3 is 2.55 bits per heavy atom. The third-order valence-corrected chi connectivity index (χ3v) is 5.33. The van der Waals surface area contributed by atoms with Gasteiger partial charge >= 0.3 is 0 Å². The quantitative estimate of drug-likeness (QED) is 0.878. The molecule has 3 nitrogen and oxygen atoms in total. The van der Waals surface area contributed by atoms with Gasteiger partial charge in [-0.05, 0) is 56.4 Å². The monoisotopic (exact) mass is 314 g/mol. The van der Waals surface area contributed by atoms with Gasteiger partial charge in [0, 0.05) is 16.9 Å². The van der Waals surface area contributed by atoms with Gasteiger partial charge in [-0.1, -0.05) is 18.9 Å². The number of anilines is 1. The van der Waals surface area contributed by atoms with Gasteiger partial charge in [-0.25, -0.2) is 4.98 Å². The predicted octanol–water partition coefficient (Wildman–Crippen LogP) is 4.86. The molecule has 1 aliphatic carbocycles. The maximum Gasteiger partial charge on any atom is 0.229 e. The molecule has 1 aromatic carbocycles. The zero-order valence-corrected chi connectivity index (χ0v) is 14.2. The van der Waals surface area contributed by atoms with E-state index in [1.54, 1.807) is 0 Å². The van der Waals surface area contributed by atoms with Crippen molar-refractivity contribution in [3.63, 3.8) is 0 Å². The highest BCUT2D eigenvalue weighted by Crippen LogP contribution is 2.31. The lowest BCUT2D eigenvalue weighted by Gasteiger charge is -2.08. The Labute approximate surface area is 135 Å². The highest BCUT2D eigenvalue weighted by Gasteiger charge is 2.23. The molecule has 2 aromatic rings. The topological polar surface area (TPSA) is 42.0 Å². The van der Waals surface area contributed by atoms with E-state index in [0.717, 1.165) is 24.1 Å². The highest BCUT2D eigenvalue weighted by molar-refractivity contribution is 7.14. The number of hydrogen-bond donors (Lipinski definition) is 1. The van der Waals surface area contributed by atoms with E-state index in [2.05, 4.69) is 43.2 Å². The second-order valence-electron chi connectivity index (χ2n) is 6.26. The molecular formula is C18H22N2OS. The Morgan fingerprint density at radius 1 is 1.14 bits per heavy atom. The van der Waals surface area contributed by atoms with Crippen LogP contribution in [0.2, 0.25) is 0 Å². The van der Waals surface area contributed by atoms with Gasteiger partial charge in [0.1, 0.15) is 0 Å². The van der Waals surface area contributed by atoms with Crippen LogP contribution in [0.4, 0.5) is 5.13 Å². The third-order valence-electron chi connectivity index (χ3n) is 4.58. The fraction of sp³-hybridized carbons (Fsp3) is 0.444. The minimum absolute atomic E-state index is 0.134. The van der Waals surface area contributed by atoms with E-state index in [-0.39, 0.29) is 11.8 Å². The summed E-state index contributed by atoms with van der Waals surface area (Å²) in [6.07, 6.45) is 4.37. The van der Waals surface area contributed by atoms with E-state index in [1.807, 2.05) is 5.38 Å². The Kier molecular flexibility index (Phi) is 4.30. The number of rotatable bonds is 3. The Bertz CT molecular complexity index is 699. The first-order chi connectivity index (χ1) is 10.5. The standard InChI is InChI=1S/C18H22N2OS/c1-11-8-13(3)15(9-12(11)2)16-10-22-18(19-16)20-17(21)14-6-4-5-7-14/h8-10,14H,4-7H2,1-3H3,(H,19,20,21). The van der Waals surface area contributed by atoms with Crippen LogP contribution in [-0.2, 0) is 4.79 Å². The zero-order chi connectivity index (χ0) is 15.7. The maximum absolute atomic E-state index is 12.2. The van der Waals surface area contributed by atoms with Crippen LogP contribution in [0, 0.1) is 26.7 Å². The summed E-state index contributed by atoms with van der Waals surface area (Å²) in [6, 6.07) is 4.38. The van der Waals surface area contributed by atoms with Crippen molar-refractivity contribution >= 4 is 22.4 Å². The van der Waals surface area contributed by atoms with Crippen molar-refractivity contribution in [3.05, 3.63) is 34.2 Å². The molecule has 1 saturated carbocycles. The normalized spacial score (nSPS) is 15.2. The van der Waals surface area contributed by atoms with Crippen LogP contribution in [0.25, 0.3) is 11.3 Å².